The molecule has 0 bridgehead atoms. The first kappa shape index (κ1) is 12.4. The Bertz CT molecular complexity index is 402. The van der Waals surface area contributed by atoms with Gasteiger partial charge in [0, 0.05) is 6.92 Å². The summed E-state index contributed by atoms with van der Waals surface area (Å²) in [6.07, 6.45) is -4.44. The van der Waals surface area contributed by atoms with Gasteiger partial charge in [0.2, 0.25) is 5.91 Å². The summed E-state index contributed by atoms with van der Waals surface area (Å²) in [6, 6.07) is 2.89. The zero-order valence-corrected chi connectivity index (χ0v) is 8.68. The van der Waals surface area contributed by atoms with Crippen LogP contribution >= 0.6 is 0 Å². The maximum Gasteiger partial charge on any atom is 0.416 e. The number of carbonyl (C=O) groups is 1. The molecule has 0 aliphatic rings. The molecule has 0 atom stereocenters. The minimum atomic E-state index is -4.44. The molecule has 1 aromatic carbocycles. The van der Waals surface area contributed by atoms with Crippen LogP contribution in [0.3, 0.4) is 0 Å². The van der Waals surface area contributed by atoms with Crippen LogP contribution in [0.25, 0.3) is 0 Å². The first-order chi connectivity index (χ1) is 7.34. The number of amides is 1. The van der Waals surface area contributed by atoms with Gasteiger partial charge in [-0.05, 0) is 18.2 Å². The van der Waals surface area contributed by atoms with Gasteiger partial charge in [0.15, 0.2) is 0 Å². The number of carbonyl (C=O) groups excluding carboxylic acids is 1. The first-order valence-corrected chi connectivity index (χ1v) is 4.37. The summed E-state index contributed by atoms with van der Waals surface area (Å²) in [6.45, 7) is 1.21. The van der Waals surface area contributed by atoms with Crippen molar-refractivity contribution in [2.45, 2.75) is 13.1 Å². The second-order valence-electron chi connectivity index (χ2n) is 3.09. The fourth-order valence-corrected chi connectivity index (χ4v) is 1.17. The van der Waals surface area contributed by atoms with Crippen LogP contribution in [0, 0.1) is 0 Å². The van der Waals surface area contributed by atoms with E-state index >= 15 is 0 Å². The molecule has 0 radical (unpaired) electrons. The third-order valence-corrected chi connectivity index (χ3v) is 1.84. The van der Waals surface area contributed by atoms with E-state index in [9.17, 15) is 18.0 Å². The number of benzene rings is 1. The molecule has 1 N–H and O–H groups in total. The van der Waals surface area contributed by atoms with E-state index in [1.165, 1.54) is 14.0 Å². The normalized spacial score (nSPS) is 11.1. The molecule has 88 valence electrons. The lowest BCUT2D eigenvalue weighted by molar-refractivity contribution is -0.137. The van der Waals surface area contributed by atoms with E-state index in [4.69, 9.17) is 4.74 Å². The number of rotatable bonds is 2. The van der Waals surface area contributed by atoms with E-state index in [-0.39, 0.29) is 11.4 Å². The molecule has 0 aliphatic heterocycles. The van der Waals surface area contributed by atoms with E-state index in [0.717, 1.165) is 18.2 Å². The second-order valence-corrected chi connectivity index (χ2v) is 3.09. The van der Waals surface area contributed by atoms with Crippen molar-refractivity contribution in [1.29, 1.82) is 0 Å². The summed E-state index contributed by atoms with van der Waals surface area (Å²) < 4.78 is 42.0. The van der Waals surface area contributed by atoms with E-state index < -0.39 is 17.6 Å². The van der Waals surface area contributed by atoms with E-state index in [1.54, 1.807) is 0 Å². The smallest absolute Gasteiger partial charge is 0.416 e. The van der Waals surface area contributed by atoms with Gasteiger partial charge in [0.1, 0.15) is 5.75 Å². The Morgan fingerprint density at radius 3 is 2.44 bits per heavy atom. The van der Waals surface area contributed by atoms with Gasteiger partial charge < -0.3 is 10.1 Å². The standard InChI is InChI=1S/C10H10F3NO2/c1-6(15)14-8-5-7(10(11,12)13)3-4-9(8)16-2/h3-5H,1-2H3,(H,14,15). The van der Waals surface area contributed by atoms with Crippen molar-refractivity contribution in [2.24, 2.45) is 0 Å². The summed E-state index contributed by atoms with van der Waals surface area (Å²) in [5.41, 5.74) is -0.832. The van der Waals surface area contributed by atoms with Crippen LogP contribution in [0.2, 0.25) is 0 Å². The van der Waals surface area contributed by atoms with E-state index in [2.05, 4.69) is 5.32 Å². The highest BCUT2D eigenvalue weighted by molar-refractivity contribution is 5.90. The van der Waals surface area contributed by atoms with Crippen LogP contribution in [0.15, 0.2) is 18.2 Å². The number of hydrogen-bond donors (Lipinski definition) is 1. The van der Waals surface area contributed by atoms with Crippen LogP contribution in [-0.2, 0) is 11.0 Å². The van der Waals surface area contributed by atoms with Crippen molar-refractivity contribution in [3.8, 4) is 5.75 Å². The predicted molar refractivity (Wildman–Crippen MR) is 52.3 cm³/mol. The highest BCUT2D eigenvalue weighted by Gasteiger charge is 2.31. The molecule has 1 rings (SSSR count). The van der Waals surface area contributed by atoms with Crippen LogP contribution in [-0.4, -0.2) is 13.0 Å². The highest BCUT2D eigenvalue weighted by atomic mass is 19.4. The number of anilines is 1. The second kappa shape index (κ2) is 4.42. The molecule has 0 heterocycles. The molecule has 1 amide bonds. The summed E-state index contributed by atoms with van der Waals surface area (Å²) in [5, 5.41) is 2.27. The van der Waals surface area contributed by atoms with Gasteiger partial charge >= 0.3 is 6.18 Å². The highest BCUT2D eigenvalue weighted by Crippen LogP contribution is 2.34. The molecule has 16 heavy (non-hydrogen) atoms. The van der Waals surface area contributed by atoms with Crippen molar-refractivity contribution < 1.29 is 22.7 Å². The van der Waals surface area contributed by atoms with Crippen molar-refractivity contribution in [3.05, 3.63) is 23.8 Å². The molecular formula is C10H10F3NO2. The molecule has 0 saturated heterocycles. The van der Waals surface area contributed by atoms with Crippen LogP contribution in [0.4, 0.5) is 18.9 Å². The third-order valence-electron chi connectivity index (χ3n) is 1.84. The Hall–Kier alpha value is -1.72. The predicted octanol–water partition coefficient (Wildman–Crippen LogP) is 2.67. The van der Waals surface area contributed by atoms with Crippen molar-refractivity contribution in [3.63, 3.8) is 0 Å². The zero-order valence-electron chi connectivity index (χ0n) is 8.68. The molecule has 0 unspecified atom stereocenters. The lowest BCUT2D eigenvalue weighted by atomic mass is 10.2. The fourth-order valence-electron chi connectivity index (χ4n) is 1.17. The minimum absolute atomic E-state index is 0.00447. The number of alkyl halides is 3. The maximum atomic E-state index is 12.4. The molecule has 0 spiro atoms. The topological polar surface area (TPSA) is 38.3 Å². The largest absolute Gasteiger partial charge is 0.495 e. The molecular weight excluding hydrogens is 223 g/mol. The molecule has 0 fully saturated rings. The summed E-state index contributed by atoms with van der Waals surface area (Å²) in [7, 11) is 1.31. The van der Waals surface area contributed by atoms with Gasteiger partial charge in [-0.2, -0.15) is 13.2 Å². The SMILES string of the molecule is COc1ccc(C(F)(F)F)cc1NC(C)=O. The Morgan fingerprint density at radius 1 is 1.38 bits per heavy atom. The number of nitrogens with one attached hydrogen (secondary N) is 1. The number of halogens is 3. The van der Waals surface area contributed by atoms with Gasteiger partial charge in [-0.1, -0.05) is 0 Å². The van der Waals surface area contributed by atoms with Gasteiger partial charge in [-0.25, -0.2) is 0 Å². The van der Waals surface area contributed by atoms with Gasteiger partial charge in [0.25, 0.3) is 0 Å². The number of hydrogen-bond acceptors (Lipinski definition) is 2. The van der Waals surface area contributed by atoms with Gasteiger partial charge in [-0.3, -0.25) is 4.79 Å². The molecule has 3 nitrogen and oxygen atoms in total. The van der Waals surface area contributed by atoms with Crippen molar-refractivity contribution in [2.75, 3.05) is 12.4 Å². The number of methoxy groups -OCH3 is 1. The van der Waals surface area contributed by atoms with Gasteiger partial charge in [-0.15, -0.1) is 0 Å². The Labute approximate surface area is 90.2 Å². The average molecular weight is 233 g/mol. The maximum absolute atomic E-state index is 12.4. The summed E-state index contributed by atoms with van der Waals surface area (Å²) >= 11 is 0. The quantitative estimate of drug-likeness (QED) is 0.852. The van der Waals surface area contributed by atoms with E-state index in [1.807, 2.05) is 0 Å². The lowest BCUT2D eigenvalue weighted by Gasteiger charge is -2.12. The van der Waals surface area contributed by atoms with E-state index in [0.29, 0.717) is 0 Å². The Morgan fingerprint density at radius 2 is 2.00 bits per heavy atom. The molecule has 6 heteroatoms. The molecule has 1 aromatic rings. The average Bonchev–Trinajstić information content (AvgIpc) is 2.15. The Kier molecular flexibility index (Phi) is 3.41. The minimum Gasteiger partial charge on any atom is -0.495 e. The van der Waals surface area contributed by atoms with Crippen LogP contribution in [0.1, 0.15) is 12.5 Å². The molecule has 0 saturated carbocycles. The third kappa shape index (κ3) is 2.88. The first-order valence-electron chi connectivity index (χ1n) is 4.37. The fraction of sp³-hybridized carbons (Fsp3) is 0.300. The summed E-state index contributed by atoms with van der Waals surface area (Å²) in [4.78, 5) is 10.8. The van der Waals surface area contributed by atoms with Crippen LogP contribution in [0.5, 0.6) is 5.75 Å². The monoisotopic (exact) mass is 233 g/mol. The van der Waals surface area contributed by atoms with Gasteiger partial charge in [0.05, 0.1) is 18.4 Å². The zero-order chi connectivity index (χ0) is 12.3. The molecule has 0 aromatic heterocycles. The summed E-state index contributed by atoms with van der Waals surface area (Å²) in [5.74, 6) is -0.277. The van der Waals surface area contributed by atoms with Crippen LogP contribution < -0.4 is 10.1 Å². The number of ether oxygens (including phenoxy) is 1. The molecule has 0 aliphatic carbocycles. The lowest BCUT2D eigenvalue weighted by Crippen LogP contribution is -2.10. The van der Waals surface area contributed by atoms with Crippen molar-refractivity contribution >= 4 is 11.6 Å². The Balaban J connectivity index is 3.16. The van der Waals surface area contributed by atoms with Crippen molar-refractivity contribution in [1.82, 2.24) is 0 Å².